The quantitative estimate of drug-likeness (QED) is 0.621. The average Bonchev–Trinajstić information content (AvgIpc) is 2.72. The molecule has 4 heteroatoms. The van der Waals surface area contributed by atoms with E-state index in [-0.39, 0.29) is 5.60 Å². The Labute approximate surface area is 78.8 Å². The lowest BCUT2D eigenvalue weighted by molar-refractivity contribution is 0.0226. The third-order valence-electron chi connectivity index (χ3n) is 2.91. The summed E-state index contributed by atoms with van der Waals surface area (Å²) in [4.78, 5) is 4.46. The van der Waals surface area contributed by atoms with Gasteiger partial charge in [-0.2, -0.15) is 0 Å². The predicted molar refractivity (Wildman–Crippen MR) is 52.1 cm³/mol. The molecule has 0 unspecified atom stereocenters. The number of ether oxygens (including phenoxy) is 1. The van der Waals surface area contributed by atoms with Crippen molar-refractivity contribution in [3.63, 3.8) is 0 Å². The number of methoxy groups -OCH3 is 1. The molecule has 2 N–H and O–H groups in total. The van der Waals surface area contributed by atoms with Gasteiger partial charge in [0.1, 0.15) is 11.4 Å². The molecule has 0 radical (unpaired) electrons. The summed E-state index contributed by atoms with van der Waals surface area (Å²) < 4.78 is 5.63. The molecule has 0 aromatic carbocycles. The van der Waals surface area contributed by atoms with Crippen molar-refractivity contribution in [3.05, 3.63) is 0 Å². The van der Waals surface area contributed by atoms with Crippen molar-refractivity contribution in [2.45, 2.75) is 18.4 Å². The largest absolute Gasteiger partial charge is 0.370 e. The normalized spacial score (nSPS) is 26.7. The Hall–Kier alpha value is -0.610. The van der Waals surface area contributed by atoms with E-state index in [2.05, 4.69) is 15.6 Å². The van der Waals surface area contributed by atoms with Crippen LogP contribution in [0.5, 0.6) is 0 Å². The molecule has 0 amide bonds. The SMILES string of the molecule is COC1(C2=NCCN2)CCNCC1. The topological polar surface area (TPSA) is 45.6 Å². The highest BCUT2D eigenvalue weighted by atomic mass is 16.5. The van der Waals surface area contributed by atoms with Gasteiger partial charge in [0.2, 0.25) is 0 Å². The van der Waals surface area contributed by atoms with Crippen LogP contribution in [-0.4, -0.2) is 44.7 Å². The van der Waals surface area contributed by atoms with Crippen LogP contribution in [-0.2, 0) is 4.74 Å². The van der Waals surface area contributed by atoms with Gasteiger partial charge in [-0.1, -0.05) is 0 Å². The molecule has 0 aromatic rings. The minimum atomic E-state index is -0.123. The van der Waals surface area contributed by atoms with Crippen molar-refractivity contribution < 1.29 is 4.74 Å². The van der Waals surface area contributed by atoms with Crippen molar-refractivity contribution in [1.82, 2.24) is 10.6 Å². The van der Waals surface area contributed by atoms with Gasteiger partial charge in [-0.3, -0.25) is 4.99 Å². The van der Waals surface area contributed by atoms with E-state index < -0.39 is 0 Å². The summed E-state index contributed by atoms with van der Waals surface area (Å²) in [7, 11) is 1.79. The van der Waals surface area contributed by atoms with Crippen LogP contribution in [0.1, 0.15) is 12.8 Å². The van der Waals surface area contributed by atoms with Crippen LogP contribution in [0.4, 0.5) is 0 Å². The van der Waals surface area contributed by atoms with Gasteiger partial charge >= 0.3 is 0 Å². The minimum absolute atomic E-state index is 0.123. The first kappa shape index (κ1) is 8.97. The molecule has 1 saturated heterocycles. The van der Waals surface area contributed by atoms with Crippen LogP contribution in [0, 0.1) is 0 Å². The Morgan fingerprint density at radius 1 is 1.31 bits per heavy atom. The highest BCUT2D eigenvalue weighted by Gasteiger charge is 2.38. The molecule has 2 rings (SSSR count). The number of nitrogens with one attached hydrogen (secondary N) is 2. The second-order valence-corrected chi connectivity index (χ2v) is 3.61. The molecule has 4 nitrogen and oxygen atoms in total. The zero-order chi connectivity index (χ0) is 9.15. The summed E-state index contributed by atoms with van der Waals surface area (Å²) >= 11 is 0. The molecule has 0 bridgehead atoms. The van der Waals surface area contributed by atoms with E-state index in [1.165, 1.54) is 0 Å². The standard InChI is InChI=1S/C9H17N3O/c1-13-9(2-4-10-5-3-9)8-11-6-7-12-8/h10H,2-7H2,1H3,(H,11,12). The smallest absolute Gasteiger partial charge is 0.129 e. The van der Waals surface area contributed by atoms with Crippen molar-refractivity contribution >= 4 is 5.84 Å². The highest BCUT2D eigenvalue weighted by molar-refractivity contribution is 5.91. The van der Waals surface area contributed by atoms with Gasteiger partial charge in [-0.05, 0) is 25.9 Å². The van der Waals surface area contributed by atoms with Crippen LogP contribution in [0.3, 0.4) is 0 Å². The van der Waals surface area contributed by atoms with Gasteiger partial charge in [-0.25, -0.2) is 0 Å². The number of amidine groups is 1. The Balaban J connectivity index is 2.12. The van der Waals surface area contributed by atoms with Gasteiger partial charge in [-0.15, -0.1) is 0 Å². The van der Waals surface area contributed by atoms with Crippen LogP contribution < -0.4 is 10.6 Å². The molecule has 74 valence electrons. The van der Waals surface area contributed by atoms with E-state index in [0.717, 1.165) is 44.9 Å². The lowest BCUT2D eigenvalue weighted by Crippen LogP contribution is -2.52. The third kappa shape index (κ3) is 1.56. The molecule has 0 spiro atoms. The molecule has 1 fully saturated rings. The first-order valence-corrected chi connectivity index (χ1v) is 4.92. The first-order chi connectivity index (χ1) is 6.37. The number of aliphatic imine (C=N–C) groups is 1. The number of rotatable bonds is 2. The van der Waals surface area contributed by atoms with Gasteiger partial charge < -0.3 is 15.4 Å². The monoisotopic (exact) mass is 183 g/mol. The molecule has 2 aliphatic heterocycles. The number of piperidine rings is 1. The van der Waals surface area contributed by atoms with Crippen LogP contribution in [0.25, 0.3) is 0 Å². The summed E-state index contributed by atoms with van der Waals surface area (Å²) in [6.07, 6.45) is 2.05. The van der Waals surface area contributed by atoms with Gasteiger partial charge in [0.15, 0.2) is 0 Å². The van der Waals surface area contributed by atoms with E-state index >= 15 is 0 Å². The maximum Gasteiger partial charge on any atom is 0.129 e. The van der Waals surface area contributed by atoms with E-state index in [9.17, 15) is 0 Å². The van der Waals surface area contributed by atoms with E-state index in [4.69, 9.17) is 4.74 Å². The molecular formula is C9H17N3O. The van der Waals surface area contributed by atoms with Crippen molar-refractivity contribution in [2.75, 3.05) is 33.3 Å². The Bertz CT molecular complexity index is 209. The lowest BCUT2D eigenvalue weighted by atomic mass is 9.91. The Morgan fingerprint density at radius 3 is 2.62 bits per heavy atom. The fourth-order valence-corrected chi connectivity index (χ4v) is 2.07. The fraction of sp³-hybridized carbons (Fsp3) is 0.889. The van der Waals surface area contributed by atoms with Crippen LogP contribution in [0.2, 0.25) is 0 Å². The van der Waals surface area contributed by atoms with E-state index in [1.54, 1.807) is 7.11 Å². The maximum absolute atomic E-state index is 5.63. The fourth-order valence-electron chi connectivity index (χ4n) is 2.07. The van der Waals surface area contributed by atoms with E-state index in [1.807, 2.05) is 0 Å². The Kier molecular flexibility index (Phi) is 2.51. The summed E-state index contributed by atoms with van der Waals surface area (Å²) in [5.41, 5.74) is -0.123. The molecular weight excluding hydrogens is 166 g/mol. The van der Waals surface area contributed by atoms with Crippen molar-refractivity contribution in [1.29, 1.82) is 0 Å². The van der Waals surface area contributed by atoms with Crippen LogP contribution in [0.15, 0.2) is 4.99 Å². The average molecular weight is 183 g/mol. The summed E-state index contributed by atoms with van der Waals surface area (Å²) in [5, 5.41) is 6.65. The van der Waals surface area contributed by atoms with Gasteiger partial charge in [0.05, 0.1) is 6.54 Å². The second-order valence-electron chi connectivity index (χ2n) is 3.61. The number of nitrogens with zero attached hydrogens (tertiary/aromatic N) is 1. The van der Waals surface area contributed by atoms with Crippen molar-refractivity contribution in [3.8, 4) is 0 Å². The second kappa shape index (κ2) is 3.64. The molecule has 2 aliphatic rings. The molecule has 0 atom stereocenters. The predicted octanol–water partition coefficient (Wildman–Crippen LogP) is -0.243. The summed E-state index contributed by atoms with van der Waals surface area (Å²) in [6.45, 7) is 3.91. The molecule has 0 saturated carbocycles. The molecule has 0 aromatic heterocycles. The van der Waals surface area contributed by atoms with E-state index in [0.29, 0.717) is 0 Å². The third-order valence-corrected chi connectivity index (χ3v) is 2.91. The molecule has 2 heterocycles. The van der Waals surface area contributed by atoms with Crippen molar-refractivity contribution in [2.24, 2.45) is 4.99 Å². The summed E-state index contributed by atoms with van der Waals surface area (Å²) in [5.74, 6) is 1.07. The molecule has 0 aliphatic carbocycles. The summed E-state index contributed by atoms with van der Waals surface area (Å²) in [6, 6.07) is 0. The Morgan fingerprint density at radius 2 is 2.08 bits per heavy atom. The van der Waals surface area contributed by atoms with Gasteiger partial charge in [0, 0.05) is 13.7 Å². The molecule has 13 heavy (non-hydrogen) atoms. The van der Waals surface area contributed by atoms with Crippen LogP contribution >= 0.6 is 0 Å². The zero-order valence-electron chi connectivity index (χ0n) is 8.10. The number of hydrogen-bond donors (Lipinski definition) is 2. The highest BCUT2D eigenvalue weighted by Crippen LogP contribution is 2.24. The lowest BCUT2D eigenvalue weighted by Gasteiger charge is -2.36. The zero-order valence-corrected chi connectivity index (χ0v) is 8.10. The first-order valence-electron chi connectivity index (χ1n) is 4.92. The number of hydrogen-bond acceptors (Lipinski definition) is 4. The van der Waals surface area contributed by atoms with Gasteiger partial charge in [0.25, 0.3) is 0 Å². The maximum atomic E-state index is 5.63. The minimum Gasteiger partial charge on any atom is -0.370 e.